The predicted octanol–water partition coefficient (Wildman–Crippen LogP) is 2.95. The molecule has 2 aromatic rings. The molecule has 0 aliphatic carbocycles. The molecule has 1 aliphatic rings. The summed E-state index contributed by atoms with van der Waals surface area (Å²) in [5.74, 6) is -0.0479. The van der Waals surface area contributed by atoms with E-state index in [4.69, 9.17) is 5.26 Å². The number of para-hydroxylation sites is 1. The number of nitrogens with one attached hydrogen (secondary N) is 1. The molecular formula is C18H17N3O. The van der Waals surface area contributed by atoms with Crippen LogP contribution in [0.4, 0.5) is 11.4 Å². The molecule has 4 nitrogen and oxygen atoms in total. The fraction of sp³-hybridized carbons (Fsp3) is 0.222. The van der Waals surface area contributed by atoms with E-state index < -0.39 is 0 Å². The average Bonchev–Trinajstić information content (AvgIpc) is 2.84. The Morgan fingerprint density at radius 3 is 2.73 bits per heavy atom. The van der Waals surface area contributed by atoms with Gasteiger partial charge in [0, 0.05) is 17.4 Å². The van der Waals surface area contributed by atoms with E-state index in [-0.39, 0.29) is 5.91 Å². The summed E-state index contributed by atoms with van der Waals surface area (Å²) in [6.07, 6.45) is 0.973. The van der Waals surface area contributed by atoms with Crippen LogP contribution in [0, 0.1) is 11.3 Å². The van der Waals surface area contributed by atoms with Crippen molar-refractivity contribution >= 4 is 17.3 Å². The zero-order valence-electron chi connectivity index (χ0n) is 12.4. The predicted molar refractivity (Wildman–Crippen MR) is 86.7 cm³/mol. The largest absolute Gasteiger partial charge is 0.359 e. The van der Waals surface area contributed by atoms with Gasteiger partial charge in [0.2, 0.25) is 5.91 Å². The van der Waals surface area contributed by atoms with Gasteiger partial charge in [-0.15, -0.1) is 0 Å². The van der Waals surface area contributed by atoms with Crippen LogP contribution in [0.2, 0.25) is 0 Å². The lowest BCUT2D eigenvalue weighted by Crippen LogP contribution is -2.37. The molecule has 0 aromatic heterocycles. The molecule has 4 heteroatoms. The molecule has 0 saturated carbocycles. The van der Waals surface area contributed by atoms with E-state index >= 15 is 0 Å². The summed E-state index contributed by atoms with van der Waals surface area (Å²) < 4.78 is 0. The van der Waals surface area contributed by atoms with E-state index in [1.807, 2.05) is 12.1 Å². The minimum Gasteiger partial charge on any atom is -0.359 e. The number of nitriles is 1. The quantitative estimate of drug-likeness (QED) is 0.946. The van der Waals surface area contributed by atoms with E-state index in [2.05, 4.69) is 35.3 Å². The highest BCUT2D eigenvalue weighted by atomic mass is 16.2. The van der Waals surface area contributed by atoms with Gasteiger partial charge in [-0.1, -0.05) is 18.2 Å². The first-order chi connectivity index (χ1) is 10.7. The molecule has 110 valence electrons. The van der Waals surface area contributed by atoms with Gasteiger partial charge >= 0.3 is 0 Å². The summed E-state index contributed by atoms with van der Waals surface area (Å²) in [5, 5.41) is 11.7. The molecule has 0 radical (unpaired) electrons. The van der Waals surface area contributed by atoms with Crippen LogP contribution in [0.3, 0.4) is 0 Å². The second-order valence-corrected chi connectivity index (χ2v) is 5.55. The first-order valence-electron chi connectivity index (χ1n) is 7.32. The van der Waals surface area contributed by atoms with Gasteiger partial charge in [-0.2, -0.15) is 5.26 Å². The Balaban J connectivity index is 1.68. The van der Waals surface area contributed by atoms with Gasteiger partial charge in [0.25, 0.3) is 0 Å². The van der Waals surface area contributed by atoms with Crippen LogP contribution in [0.5, 0.6) is 0 Å². The Kier molecular flexibility index (Phi) is 3.80. The van der Waals surface area contributed by atoms with Crippen molar-refractivity contribution < 1.29 is 4.79 Å². The lowest BCUT2D eigenvalue weighted by molar-refractivity contribution is -0.115. The van der Waals surface area contributed by atoms with Crippen molar-refractivity contribution in [1.29, 1.82) is 5.26 Å². The Labute approximate surface area is 130 Å². The molecule has 1 atom stereocenters. The van der Waals surface area contributed by atoms with E-state index in [0.717, 1.165) is 12.1 Å². The standard InChI is InChI=1S/C18H17N3O/c1-13-10-15-4-2-3-5-17(15)21(13)12-18(22)20-16-8-6-14(11-19)7-9-16/h2-9,13H,10,12H2,1H3,(H,20,22)/t13-/m1/s1. The maximum absolute atomic E-state index is 12.3. The van der Waals surface area contributed by atoms with Crippen molar-refractivity contribution in [2.75, 3.05) is 16.8 Å². The van der Waals surface area contributed by atoms with Gasteiger partial charge in [0.05, 0.1) is 18.2 Å². The Hall–Kier alpha value is -2.80. The molecule has 1 amide bonds. The zero-order valence-corrected chi connectivity index (χ0v) is 12.4. The maximum atomic E-state index is 12.3. The lowest BCUT2D eigenvalue weighted by atomic mass is 10.1. The van der Waals surface area contributed by atoms with Gasteiger partial charge in [-0.05, 0) is 49.2 Å². The molecular weight excluding hydrogens is 274 g/mol. The Morgan fingerprint density at radius 1 is 1.27 bits per heavy atom. The molecule has 0 spiro atoms. The maximum Gasteiger partial charge on any atom is 0.243 e. The second kappa shape index (κ2) is 5.90. The van der Waals surface area contributed by atoms with Crippen LogP contribution in [-0.2, 0) is 11.2 Å². The summed E-state index contributed by atoms with van der Waals surface area (Å²) in [6.45, 7) is 2.47. The zero-order chi connectivity index (χ0) is 15.5. The number of rotatable bonds is 3. The summed E-state index contributed by atoms with van der Waals surface area (Å²) >= 11 is 0. The number of nitrogens with zero attached hydrogens (tertiary/aromatic N) is 2. The van der Waals surface area contributed by atoms with Crippen molar-refractivity contribution in [2.24, 2.45) is 0 Å². The minimum atomic E-state index is -0.0479. The summed E-state index contributed by atoms with van der Waals surface area (Å²) in [5.41, 5.74) is 3.73. The van der Waals surface area contributed by atoms with Crippen molar-refractivity contribution in [3.63, 3.8) is 0 Å². The number of hydrogen-bond donors (Lipinski definition) is 1. The highest BCUT2D eigenvalue weighted by molar-refractivity contribution is 5.94. The number of benzene rings is 2. The number of fused-ring (bicyclic) bond motifs is 1. The molecule has 3 rings (SSSR count). The first-order valence-corrected chi connectivity index (χ1v) is 7.32. The van der Waals surface area contributed by atoms with Gasteiger partial charge in [0.1, 0.15) is 0 Å². The SMILES string of the molecule is C[C@@H]1Cc2ccccc2N1CC(=O)Nc1ccc(C#N)cc1. The van der Waals surface area contributed by atoms with Crippen LogP contribution in [-0.4, -0.2) is 18.5 Å². The third-order valence-electron chi connectivity index (χ3n) is 3.96. The van der Waals surface area contributed by atoms with Gasteiger partial charge in [-0.25, -0.2) is 0 Å². The number of carbonyl (C=O) groups is 1. The molecule has 0 saturated heterocycles. The summed E-state index contributed by atoms with van der Waals surface area (Å²) in [7, 11) is 0. The molecule has 1 aliphatic heterocycles. The van der Waals surface area contributed by atoms with Crippen LogP contribution in [0.25, 0.3) is 0 Å². The van der Waals surface area contributed by atoms with Crippen molar-refractivity contribution in [1.82, 2.24) is 0 Å². The molecule has 0 bridgehead atoms. The number of anilines is 2. The van der Waals surface area contributed by atoms with Gasteiger partial charge < -0.3 is 10.2 Å². The lowest BCUT2D eigenvalue weighted by Gasteiger charge is -2.24. The van der Waals surface area contributed by atoms with Gasteiger partial charge in [0.15, 0.2) is 0 Å². The summed E-state index contributed by atoms with van der Waals surface area (Å²) in [4.78, 5) is 14.4. The smallest absolute Gasteiger partial charge is 0.243 e. The monoisotopic (exact) mass is 291 g/mol. The van der Waals surface area contributed by atoms with Crippen LogP contribution in [0.1, 0.15) is 18.1 Å². The van der Waals surface area contributed by atoms with Gasteiger partial charge in [-0.3, -0.25) is 4.79 Å². The molecule has 0 fully saturated rings. The first kappa shape index (κ1) is 14.2. The molecule has 1 N–H and O–H groups in total. The van der Waals surface area contributed by atoms with E-state index in [0.29, 0.717) is 23.8 Å². The van der Waals surface area contributed by atoms with E-state index in [9.17, 15) is 4.79 Å². The van der Waals surface area contributed by atoms with Crippen molar-refractivity contribution in [3.8, 4) is 6.07 Å². The van der Waals surface area contributed by atoms with Crippen LogP contribution >= 0.6 is 0 Å². The normalized spacial score (nSPS) is 16.0. The summed E-state index contributed by atoms with van der Waals surface area (Å²) in [6, 6.07) is 17.5. The van der Waals surface area contributed by atoms with E-state index in [1.165, 1.54) is 5.56 Å². The van der Waals surface area contributed by atoms with Crippen molar-refractivity contribution in [3.05, 3.63) is 59.7 Å². The minimum absolute atomic E-state index is 0.0479. The number of carbonyl (C=O) groups excluding carboxylic acids is 1. The molecule has 0 unspecified atom stereocenters. The number of amides is 1. The molecule has 22 heavy (non-hydrogen) atoms. The third-order valence-corrected chi connectivity index (χ3v) is 3.96. The Bertz CT molecular complexity index is 731. The number of hydrogen-bond acceptors (Lipinski definition) is 3. The van der Waals surface area contributed by atoms with Crippen LogP contribution < -0.4 is 10.2 Å². The van der Waals surface area contributed by atoms with Crippen LogP contribution in [0.15, 0.2) is 48.5 Å². The highest BCUT2D eigenvalue weighted by Gasteiger charge is 2.26. The fourth-order valence-electron chi connectivity index (χ4n) is 2.85. The molecule has 2 aromatic carbocycles. The third kappa shape index (κ3) is 2.79. The van der Waals surface area contributed by atoms with E-state index in [1.54, 1.807) is 24.3 Å². The average molecular weight is 291 g/mol. The Morgan fingerprint density at radius 2 is 2.00 bits per heavy atom. The molecule has 1 heterocycles. The topological polar surface area (TPSA) is 56.1 Å². The second-order valence-electron chi connectivity index (χ2n) is 5.55. The van der Waals surface area contributed by atoms with Crippen molar-refractivity contribution in [2.45, 2.75) is 19.4 Å². The highest BCUT2D eigenvalue weighted by Crippen LogP contribution is 2.31. The fourth-order valence-corrected chi connectivity index (χ4v) is 2.85.